The third kappa shape index (κ3) is 1.06. The molecule has 2 heteroatoms. The fourth-order valence-electron chi connectivity index (χ4n) is 1.62. The first-order valence-corrected chi connectivity index (χ1v) is 4.06. The Morgan fingerprint density at radius 1 is 1.60 bits per heavy atom. The van der Waals surface area contributed by atoms with Gasteiger partial charge in [-0.2, -0.15) is 0 Å². The zero-order valence-corrected chi connectivity index (χ0v) is 6.89. The van der Waals surface area contributed by atoms with Crippen molar-refractivity contribution < 1.29 is 4.74 Å². The van der Waals surface area contributed by atoms with E-state index in [0.717, 1.165) is 19.3 Å². The minimum absolute atomic E-state index is 0.0503. The summed E-state index contributed by atoms with van der Waals surface area (Å²) >= 11 is 0. The van der Waals surface area contributed by atoms with Gasteiger partial charge in [0.15, 0.2) is 0 Å². The maximum Gasteiger partial charge on any atom is 0.0828 e. The molecule has 2 nitrogen and oxygen atoms in total. The van der Waals surface area contributed by atoms with Crippen molar-refractivity contribution in [2.24, 2.45) is 5.73 Å². The molecule has 0 radical (unpaired) electrons. The van der Waals surface area contributed by atoms with E-state index in [9.17, 15) is 0 Å². The minimum Gasteiger partial charge on any atom is -0.377 e. The summed E-state index contributed by atoms with van der Waals surface area (Å²) in [6, 6.07) is 0.242. The highest BCUT2D eigenvalue weighted by molar-refractivity contribution is 4.97. The number of ether oxygens (including phenoxy) is 1. The lowest BCUT2D eigenvalue weighted by molar-refractivity contribution is -0.0904. The predicted octanol–water partition coefficient (Wildman–Crippen LogP) is 1.29. The van der Waals surface area contributed by atoms with Crippen LogP contribution < -0.4 is 5.73 Å². The molecule has 0 amide bonds. The number of rotatable bonds is 3. The van der Waals surface area contributed by atoms with Crippen LogP contribution in [0.1, 0.15) is 32.6 Å². The molecular weight excluding hydrogens is 126 g/mol. The van der Waals surface area contributed by atoms with Crippen LogP contribution in [0.3, 0.4) is 0 Å². The van der Waals surface area contributed by atoms with Gasteiger partial charge in [0.2, 0.25) is 0 Å². The average Bonchev–Trinajstić information content (AvgIpc) is 1.86. The Labute approximate surface area is 62.7 Å². The number of hydrogen-bond acceptors (Lipinski definition) is 2. The summed E-state index contributed by atoms with van der Waals surface area (Å²) in [7, 11) is 1.77. The van der Waals surface area contributed by atoms with E-state index >= 15 is 0 Å². The molecule has 1 saturated carbocycles. The average molecular weight is 143 g/mol. The zero-order chi connectivity index (χ0) is 7.61. The molecule has 0 aromatic rings. The Morgan fingerprint density at radius 2 is 2.20 bits per heavy atom. The first-order chi connectivity index (χ1) is 4.75. The fraction of sp³-hybridized carbons (Fsp3) is 1.00. The number of methoxy groups -OCH3 is 1. The molecule has 0 aromatic carbocycles. The lowest BCUT2D eigenvalue weighted by Crippen LogP contribution is -2.54. The van der Waals surface area contributed by atoms with Gasteiger partial charge in [0, 0.05) is 13.2 Å². The first-order valence-electron chi connectivity index (χ1n) is 4.06. The topological polar surface area (TPSA) is 35.2 Å². The summed E-state index contributed by atoms with van der Waals surface area (Å²) in [4.78, 5) is 0. The highest BCUT2D eigenvalue weighted by atomic mass is 16.5. The second kappa shape index (κ2) is 2.89. The van der Waals surface area contributed by atoms with Gasteiger partial charge in [-0.25, -0.2) is 0 Å². The van der Waals surface area contributed by atoms with Gasteiger partial charge >= 0.3 is 0 Å². The summed E-state index contributed by atoms with van der Waals surface area (Å²) in [5, 5.41) is 0. The van der Waals surface area contributed by atoms with E-state index in [1.54, 1.807) is 7.11 Å². The highest BCUT2D eigenvalue weighted by Crippen LogP contribution is 2.37. The third-order valence-corrected chi connectivity index (χ3v) is 2.72. The monoisotopic (exact) mass is 143 g/mol. The lowest BCUT2D eigenvalue weighted by Gasteiger charge is -2.44. The van der Waals surface area contributed by atoms with Crippen molar-refractivity contribution in [3.8, 4) is 0 Å². The van der Waals surface area contributed by atoms with Gasteiger partial charge < -0.3 is 10.5 Å². The second-order valence-corrected chi connectivity index (χ2v) is 3.14. The molecule has 0 aromatic heterocycles. The smallest absolute Gasteiger partial charge is 0.0828 e. The zero-order valence-electron chi connectivity index (χ0n) is 6.89. The molecule has 1 aliphatic rings. The molecule has 1 fully saturated rings. The lowest BCUT2D eigenvalue weighted by atomic mass is 9.74. The molecule has 0 aliphatic heterocycles. The summed E-state index contributed by atoms with van der Waals surface area (Å²) in [5.74, 6) is 0. The van der Waals surface area contributed by atoms with E-state index in [4.69, 9.17) is 10.5 Å². The maximum atomic E-state index is 5.90. The molecule has 60 valence electrons. The maximum absolute atomic E-state index is 5.90. The van der Waals surface area contributed by atoms with Gasteiger partial charge in [-0.3, -0.25) is 0 Å². The van der Waals surface area contributed by atoms with Crippen molar-refractivity contribution in [1.82, 2.24) is 0 Å². The van der Waals surface area contributed by atoms with Crippen LogP contribution in [0, 0.1) is 0 Å². The molecule has 0 saturated heterocycles. The van der Waals surface area contributed by atoms with Crippen molar-refractivity contribution >= 4 is 0 Å². The van der Waals surface area contributed by atoms with Gasteiger partial charge in [0.05, 0.1) is 5.60 Å². The molecule has 1 atom stereocenters. The van der Waals surface area contributed by atoms with E-state index in [1.807, 2.05) is 0 Å². The highest BCUT2D eigenvalue weighted by Gasteiger charge is 2.41. The van der Waals surface area contributed by atoms with E-state index in [0.29, 0.717) is 0 Å². The van der Waals surface area contributed by atoms with Gasteiger partial charge in [-0.1, -0.05) is 6.92 Å². The molecule has 0 bridgehead atoms. The summed E-state index contributed by atoms with van der Waals surface area (Å²) in [6.45, 7) is 2.11. The van der Waals surface area contributed by atoms with Crippen molar-refractivity contribution in [2.75, 3.05) is 7.11 Å². The van der Waals surface area contributed by atoms with Crippen molar-refractivity contribution in [3.05, 3.63) is 0 Å². The van der Waals surface area contributed by atoms with E-state index in [1.165, 1.54) is 6.42 Å². The predicted molar refractivity (Wildman–Crippen MR) is 41.9 cm³/mol. The van der Waals surface area contributed by atoms with Crippen molar-refractivity contribution in [1.29, 1.82) is 0 Å². The normalized spacial score (nSPS) is 25.5. The Bertz CT molecular complexity index is 104. The molecule has 1 unspecified atom stereocenters. The van der Waals surface area contributed by atoms with Gasteiger partial charge in [-0.15, -0.1) is 0 Å². The Morgan fingerprint density at radius 3 is 2.30 bits per heavy atom. The van der Waals surface area contributed by atoms with Gasteiger partial charge in [0.1, 0.15) is 0 Å². The van der Waals surface area contributed by atoms with Crippen LogP contribution in [0.4, 0.5) is 0 Å². The van der Waals surface area contributed by atoms with Crippen LogP contribution in [0.15, 0.2) is 0 Å². The standard InChI is InChI=1S/C8H17NO/c1-3-7(9)8(10-2)5-4-6-8/h7H,3-6,9H2,1-2H3. The summed E-state index contributed by atoms with van der Waals surface area (Å²) in [5.41, 5.74) is 5.95. The van der Waals surface area contributed by atoms with Crippen LogP contribution in [0.2, 0.25) is 0 Å². The van der Waals surface area contributed by atoms with Crippen LogP contribution in [0.25, 0.3) is 0 Å². The molecular formula is C8H17NO. The fourth-order valence-corrected chi connectivity index (χ4v) is 1.62. The largest absolute Gasteiger partial charge is 0.377 e. The minimum atomic E-state index is 0.0503. The summed E-state index contributed by atoms with van der Waals surface area (Å²) in [6.07, 6.45) is 4.60. The first kappa shape index (κ1) is 8.02. The Balaban J connectivity index is 2.46. The van der Waals surface area contributed by atoms with Crippen LogP contribution >= 0.6 is 0 Å². The SMILES string of the molecule is CCC(N)C1(OC)CCC1. The molecule has 2 N–H and O–H groups in total. The third-order valence-electron chi connectivity index (χ3n) is 2.72. The molecule has 10 heavy (non-hydrogen) atoms. The molecule has 0 heterocycles. The Hall–Kier alpha value is -0.0800. The van der Waals surface area contributed by atoms with E-state index in [-0.39, 0.29) is 11.6 Å². The van der Waals surface area contributed by atoms with Crippen molar-refractivity contribution in [2.45, 2.75) is 44.2 Å². The molecule has 1 aliphatic carbocycles. The van der Waals surface area contributed by atoms with Gasteiger partial charge in [-0.05, 0) is 25.7 Å². The molecule has 1 rings (SSSR count). The van der Waals surface area contributed by atoms with E-state index < -0.39 is 0 Å². The van der Waals surface area contributed by atoms with E-state index in [2.05, 4.69) is 6.92 Å². The number of hydrogen-bond donors (Lipinski definition) is 1. The molecule has 0 spiro atoms. The number of nitrogens with two attached hydrogens (primary N) is 1. The second-order valence-electron chi connectivity index (χ2n) is 3.14. The van der Waals surface area contributed by atoms with Crippen LogP contribution in [-0.2, 0) is 4.74 Å². The van der Waals surface area contributed by atoms with Crippen LogP contribution in [0.5, 0.6) is 0 Å². The quantitative estimate of drug-likeness (QED) is 0.646. The Kier molecular flexibility index (Phi) is 2.32. The summed E-state index contributed by atoms with van der Waals surface area (Å²) < 4.78 is 5.40. The van der Waals surface area contributed by atoms with Gasteiger partial charge in [0.25, 0.3) is 0 Å². The van der Waals surface area contributed by atoms with Crippen LogP contribution in [-0.4, -0.2) is 18.8 Å². The van der Waals surface area contributed by atoms with Crippen molar-refractivity contribution in [3.63, 3.8) is 0 Å².